The Bertz CT molecular complexity index is 947. The van der Waals surface area contributed by atoms with Gasteiger partial charge in [0, 0.05) is 50.8 Å². The summed E-state index contributed by atoms with van der Waals surface area (Å²) in [6, 6.07) is 10.7. The zero-order chi connectivity index (χ0) is 18.8. The number of aromatic hydroxyl groups is 1. The summed E-state index contributed by atoms with van der Waals surface area (Å²) in [5, 5.41) is 14.6. The third kappa shape index (κ3) is 3.78. The number of rotatable bonds is 5. The molecule has 1 aromatic heterocycles. The maximum atomic E-state index is 12.9. The summed E-state index contributed by atoms with van der Waals surface area (Å²) in [5.41, 5.74) is 1.12. The average molecular weight is 369 g/mol. The monoisotopic (exact) mass is 369 g/mol. The zero-order valence-electron chi connectivity index (χ0n) is 14.8. The average Bonchev–Trinajstić information content (AvgIpc) is 3.10. The fourth-order valence-electron chi connectivity index (χ4n) is 3.36. The van der Waals surface area contributed by atoms with Gasteiger partial charge in [-0.1, -0.05) is 5.16 Å². The van der Waals surface area contributed by atoms with Crippen LogP contribution in [-0.2, 0) is 0 Å². The summed E-state index contributed by atoms with van der Waals surface area (Å²) in [5.74, 6) is 0.630. The Morgan fingerprint density at radius 3 is 2.59 bits per heavy atom. The summed E-state index contributed by atoms with van der Waals surface area (Å²) < 4.78 is 18.3. The minimum Gasteiger partial charge on any atom is -0.508 e. The smallest absolute Gasteiger partial charge is 0.180 e. The van der Waals surface area contributed by atoms with E-state index in [1.54, 1.807) is 12.1 Å². The number of nitrogens with zero attached hydrogens (tertiary/aromatic N) is 3. The van der Waals surface area contributed by atoms with Gasteiger partial charge in [0.05, 0.1) is 5.39 Å². The van der Waals surface area contributed by atoms with Crippen LogP contribution in [0.15, 0.2) is 47.0 Å². The number of hydrogen-bond acceptors (Lipinski definition) is 6. The molecule has 0 atom stereocenters. The van der Waals surface area contributed by atoms with Crippen molar-refractivity contribution >= 4 is 22.6 Å². The Balaban J connectivity index is 1.32. The van der Waals surface area contributed by atoms with Crippen LogP contribution in [-0.4, -0.2) is 53.7 Å². The van der Waals surface area contributed by atoms with Crippen molar-refractivity contribution in [3.8, 4) is 5.75 Å². The van der Waals surface area contributed by atoms with Crippen molar-refractivity contribution < 1.29 is 18.8 Å². The number of benzene rings is 2. The van der Waals surface area contributed by atoms with Crippen LogP contribution in [0.5, 0.6) is 5.75 Å². The van der Waals surface area contributed by atoms with Crippen LogP contribution in [0.4, 0.5) is 10.2 Å². The molecule has 1 fully saturated rings. The molecule has 6 nitrogen and oxygen atoms in total. The fourth-order valence-corrected chi connectivity index (χ4v) is 3.36. The molecule has 4 rings (SSSR count). The van der Waals surface area contributed by atoms with Gasteiger partial charge in [0.2, 0.25) is 0 Å². The van der Waals surface area contributed by atoms with E-state index in [0.717, 1.165) is 37.4 Å². The van der Waals surface area contributed by atoms with E-state index < -0.39 is 0 Å². The Labute approximate surface area is 155 Å². The number of anilines is 1. The molecule has 27 heavy (non-hydrogen) atoms. The lowest BCUT2D eigenvalue weighted by Crippen LogP contribution is -2.47. The van der Waals surface area contributed by atoms with Crippen molar-refractivity contribution in [1.29, 1.82) is 0 Å². The van der Waals surface area contributed by atoms with E-state index in [9.17, 15) is 14.3 Å². The van der Waals surface area contributed by atoms with Gasteiger partial charge in [-0.3, -0.25) is 9.69 Å². The number of hydrogen-bond donors (Lipinski definition) is 1. The SMILES string of the molecule is O=C(CCN1CCN(c2noc3cc(O)ccc23)CC1)c1ccc(F)cc1. The van der Waals surface area contributed by atoms with Crippen LogP contribution < -0.4 is 4.90 Å². The predicted octanol–water partition coefficient (Wildman–Crippen LogP) is 3.07. The first-order valence-electron chi connectivity index (χ1n) is 8.94. The third-order valence-corrected chi connectivity index (χ3v) is 4.93. The minimum absolute atomic E-state index is 0.0275. The molecular formula is C20H20FN3O3. The molecule has 1 N–H and O–H groups in total. The number of fused-ring (bicyclic) bond motifs is 1. The number of aromatic nitrogens is 1. The van der Waals surface area contributed by atoms with Gasteiger partial charge < -0.3 is 14.5 Å². The van der Waals surface area contributed by atoms with Crippen LogP contribution in [0.3, 0.4) is 0 Å². The van der Waals surface area contributed by atoms with Gasteiger partial charge in [-0.05, 0) is 36.4 Å². The second-order valence-electron chi connectivity index (χ2n) is 6.70. The number of phenolic OH excluding ortho intramolecular Hbond substituents is 1. The van der Waals surface area contributed by atoms with Gasteiger partial charge in [-0.2, -0.15) is 0 Å². The zero-order valence-corrected chi connectivity index (χ0v) is 14.8. The normalized spacial score (nSPS) is 15.4. The Morgan fingerprint density at radius 2 is 1.85 bits per heavy atom. The molecule has 3 aromatic rings. The molecule has 0 amide bonds. The van der Waals surface area contributed by atoms with Crippen molar-refractivity contribution in [2.75, 3.05) is 37.6 Å². The van der Waals surface area contributed by atoms with Crippen molar-refractivity contribution in [2.24, 2.45) is 0 Å². The number of phenols is 1. The summed E-state index contributed by atoms with van der Waals surface area (Å²) >= 11 is 0. The van der Waals surface area contributed by atoms with Crippen molar-refractivity contribution in [1.82, 2.24) is 10.1 Å². The third-order valence-electron chi connectivity index (χ3n) is 4.93. The van der Waals surface area contributed by atoms with E-state index in [-0.39, 0.29) is 17.3 Å². The molecule has 2 heterocycles. The van der Waals surface area contributed by atoms with Crippen LogP contribution in [0.2, 0.25) is 0 Å². The lowest BCUT2D eigenvalue weighted by atomic mass is 10.1. The first kappa shape index (κ1) is 17.5. The second kappa shape index (κ2) is 7.36. The summed E-state index contributed by atoms with van der Waals surface area (Å²) in [7, 11) is 0. The largest absolute Gasteiger partial charge is 0.508 e. The van der Waals surface area contributed by atoms with Gasteiger partial charge in [0.25, 0.3) is 0 Å². The molecule has 0 aliphatic carbocycles. The van der Waals surface area contributed by atoms with Gasteiger partial charge in [0.1, 0.15) is 11.6 Å². The van der Waals surface area contributed by atoms with E-state index in [1.165, 1.54) is 24.3 Å². The Morgan fingerprint density at radius 1 is 1.11 bits per heavy atom. The summed E-state index contributed by atoms with van der Waals surface area (Å²) in [6.07, 6.45) is 0.414. The van der Waals surface area contributed by atoms with Gasteiger partial charge in [0.15, 0.2) is 17.2 Å². The van der Waals surface area contributed by atoms with Crippen LogP contribution in [0.25, 0.3) is 11.0 Å². The number of ketones is 1. The number of carbonyl (C=O) groups is 1. The first-order chi connectivity index (χ1) is 13.1. The van der Waals surface area contributed by atoms with Crippen molar-refractivity contribution in [3.05, 3.63) is 53.8 Å². The molecule has 0 saturated carbocycles. The van der Waals surface area contributed by atoms with E-state index in [1.807, 2.05) is 6.07 Å². The van der Waals surface area contributed by atoms with Crippen molar-refractivity contribution in [2.45, 2.75) is 6.42 Å². The molecule has 0 unspecified atom stereocenters. The van der Waals surface area contributed by atoms with E-state index in [4.69, 9.17) is 4.52 Å². The van der Waals surface area contributed by atoms with E-state index >= 15 is 0 Å². The molecule has 0 radical (unpaired) electrons. The minimum atomic E-state index is -0.335. The summed E-state index contributed by atoms with van der Waals surface area (Å²) in [6.45, 7) is 3.89. The molecular weight excluding hydrogens is 349 g/mol. The van der Waals surface area contributed by atoms with Gasteiger partial charge in [-0.25, -0.2) is 4.39 Å². The first-order valence-corrected chi connectivity index (χ1v) is 8.94. The topological polar surface area (TPSA) is 69.8 Å². The number of piperazine rings is 1. The number of carbonyl (C=O) groups excluding carboxylic acids is 1. The van der Waals surface area contributed by atoms with E-state index in [2.05, 4.69) is 15.0 Å². The van der Waals surface area contributed by atoms with Crippen LogP contribution >= 0.6 is 0 Å². The standard InChI is InChI=1S/C20H20FN3O3/c21-15-3-1-14(2-4-15)18(26)7-8-23-9-11-24(12-10-23)20-17-6-5-16(25)13-19(17)27-22-20/h1-6,13,25H,7-12H2. The van der Waals surface area contributed by atoms with Crippen LogP contribution in [0.1, 0.15) is 16.8 Å². The molecule has 0 spiro atoms. The highest BCUT2D eigenvalue weighted by Crippen LogP contribution is 2.29. The van der Waals surface area contributed by atoms with Gasteiger partial charge >= 0.3 is 0 Å². The van der Waals surface area contributed by atoms with Crippen LogP contribution in [0, 0.1) is 5.82 Å². The second-order valence-corrected chi connectivity index (χ2v) is 6.70. The molecule has 1 aliphatic rings. The van der Waals surface area contributed by atoms with Crippen molar-refractivity contribution in [3.63, 3.8) is 0 Å². The van der Waals surface area contributed by atoms with E-state index in [0.29, 0.717) is 24.1 Å². The quantitative estimate of drug-likeness (QED) is 0.697. The molecule has 7 heteroatoms. The number of Topliss-reactive ketones (excluding diaryl/α,β-unsaturated/α-hetero) is 1. The maximum absolute atomic E-state index is 12.9. The molecule has 0 bridgehead atoms. The lowest BCUT2D eigenvalue weighted by Gasteiger charge is -2.34. The number of halogens is 1. The molecule has 140 valence electrons. The lowest BCUT2D eigenvalue weighted by molar-refractivity contribution is 0.0962. The molecule has 2 aromatic carbocycles. The maximum Gasteiger partial charge on any atom is 0.180 e. The highest BCUT2D eigenvalue weighted by atomic mass is 19.1. The Hall–Kier alpha value is -2.93. The highest BCUT2D eigenvalue weighted by molar-refractivity contribution is 5.96. The summed E-state index contributed by atoms with van der Waals surface area (Å²) in [4.78, 5) is 16.6. The molecule has 1 aliphatic heterocycles. The molecule has 1 saturated heterocycles. The highest BCUT2D eigenvalue weighted by Gasteiger charge is 2.22. The predicted molar refractivity (Wildman–Crippen MR) is 99.7 cm³/mol. The Kier molecular flexibility index (Phi) is 4.77. The fraction of sp³-hybridized carbons (Fsp3) is 0.300. The van der Waals surface area contributed by atoms with Gasteiger partial charge in [-0.15, -0.1) is 0 Å².